The highest BCUT2D eigenvalue weighted by Gasteiger charge is 2.15. The fraction of sp³-hybridized carbons (Fsp3) is 0.154. The number of rotatable bonds is 3. The molecule has 5 nitrogen and oxygen atoms in total. The van der Waals surface area contributed by atoms with E-state index in [1.54, 1.807) is 11.9 Å². The predicted molar refractivity (Wildman–Crippen MR) is 69.1 cm³/mol. The van der Waals surface area contributed by atoms with Crippen molar-refractivity contribution >= 4 is 11.6 Å². The molecule has 0 spiro atoms. The van der Waals surface area contributed by atoms with Gasteiger partial charge in [0.2, 0.25) is 0 Å². The van der Waals surface area contributed by atoms with Gasteiger partial charge in [0.05, 0.1) is 5.56 Å². The van der Waals surface area contributed by atoms with E-state index < -0.39 is 0 Å². The van der Waals surface area contributed by atoms with E-state index in [2.05, 4.69) is 9.97 Å². The lowest BCUT2D eigenvalue weighted by Crippen LogP contribution is -2.27. The zero-order valence-electron chi connectivity index (χ0n) is 10.1. The van der Waals surface area contributed by atoms with Crippen LogP contribution in [-0.4, -0.2) is 22.9 Å². The summed E-state index contributed by atoms with van der Waals surface area (Å²) in [6.07, 6.45) is 4.39. The van der Waals surface area contributed by atoms with Gasteiger partial charge in [0.1, 0.15) is 6.33 Å². The highest BCUT2D eigenvalue weighted by molar-refractivity contribution is 6.05. The average Bonchev–Trinajstić information content (AvgIpc) is 2.46. The number of para-hydroxylation sites is 1. The molecule has 1 heterocycles. The lowest BCUT2D eigenvalue weighted by atomic mass is 10.1. The minimum atomic E-state index is -0.156. The second kappa shape index (κ2) is 5.37. The van der Waals surface area contributed by atoms with Gasteiger partial charge in [0.15, 0.2) is 0 Å². The van der Waals surface area contributed by atoms with E-state index >= 15 is 0 Å². The Morgan fingerprint density at radius 3 is 2.61 bits per heavy atom. The molecule has 1 aromatic heterocycles. The van der Waals surface area contributed by atoms with Crippen LogP contribution in [0.25, 0.3) is 0 Å². The van der Waals surface area contributed by atoms with E-state index in [4.69, 9.17) is 5.73 Å². The van der Waals surface area contributed by atoms with Gasteiger partial charge in [0.25, 0.3) is 5.91 Å². The van der Waals surface area contributed by atoms with Crippen molar-refractivity contribution in [2.75, 3.05) is 11.9 Å². The van der Waals surface area contributed by atoms with Crippen LogP contribution in [0.2, 0.25) is 0 Å². The minimum absolute atomic E-state index is 0.156. The maximum atomic E-state index is 12.2. The van der Waals surface area contributed by atoms with E-state index in [0.717, 1.165) is 11.3 Å². The Labute approximate surface area is 105 Å². The Morgan fingerprint density at radius 2 is 1.94 bits per heavy atom. The topological polar surface area (TPSA) is 72.1 Å². The van der Waals surface area contributed by atoms with E-state index in [1.165, 1.54) is 18.7 Å². The molecule has 0 aliphatic carbocycles. The Kier molecular flexibility index (Phi) is 3.64. The van der Waals surface area contributed by atoms with Gasteiger partial charge in [-0.25, -0.2) is 9.97 Å². The number of carbonyl (C=O) groups excluding carboxylic acids is 1. The maximum Gasteiger partial charge on any atom is 0.261 e. The number of hydrogen-bond donors (Lipinski definition) is 1. The van der Waals surface area contributed by atoms with Gasteiger partial charge in [0, 0.05) is 31.7 Å². The van der Waals surface area contributed by atoms with Gasteiger partial charge >= 0.3 is 0 Å². The maximum absolute atomic E-state index is 12.2. The average molecular weight is 242 g/mol. The van der Waals surface area contributed by atoms with Crippen molar-refractivity contribution in [3.05, 3.63) is 54.1 Å². The van der Waals surface area contributed by atoms with Crippen LogP contribution in [-0.2, 0) is 6.54 Å². The first-order chi connectivity index (χ1) is 8.74. The molecule has 92 valence electrons. The van der Waals surface area contributed by atoms with Crippen LogP contribution in [0, 0.1) is 0 Å². The van der Waals surface area contributed by atoms with Crippen molar-refractivity contribution in [1.29, 1.82) is 0 Å². The fourth-order valence-corrected chi connectivity index (χ4v) is 1.72. The number of carbonyl (C=O) groups is 1. The predicted octanol–water partition coefficient (Wildman–Crippen LogP) is 1.21. The van der Waals surface area contributed by atoms with Crippen molar-refractivity contribution in [1.82, 2.24) is 9.97 Å². The molecule has 0 atom stereocenters. The molecule has 0 saturated heterocycles. The SMILES string of the molecule is CN(C(=O)c1cncnc1)c1ccccc1CN. The molecule has 5 heteroatoms. The second-order valence-electron chi connectivity index (χ2n) is 3.82. The number of anilines is 1. The van der Waals surface area contributed by atoms with E-state index in [1.807, 2.05) is 24.3 Å². The van der Waals surface area contributed by atoms with Gasteiger partial charge in [-0.15, -0.1) is 0 Å². The molecule has 0 radical (unpaired) electrons. The number of hydrogen-bond acceptors (Lipinski definition) is 4. The summed E-state index contributed by atoms with van der Waals surface area (Å²) in [5.41, 5.74) is 7.84. The molecular formula is C13H14N4O. The Bertz CT molecular complexity index is 542. The van der Waals surface area contributed by atoms with Crippen molar-refractivity contribution in [2.45, 2.75) is 6.54 Å². The molecule has 2 rings (SSSR count). The lowest BCUT2D eigenvalue weighted by Gasteiger charge is -2.19. The van der Waals surface area contributed by atoms with Crippen LogP contribution in [0.1, 0.15) is 15.9 Å². The highest BCUT2D eigenvalue weighted by atomic mass is 16.2. The standard InChI is InChI=1S/C13H14N4O/c1-17(12-5-3-2-4-10(12)6-14)13(18)11-7-15-9-16-8-11/h2-5,7-9H,6,14H2,1H3. The van der Waals surface area contributed by atoms with Crippen LogP contribution in [0.5, 0.6) is 0 Å². The van der Waals surface area contributed by atoms with E-state index in [0.29, 0.717) is 12.1 Å². The first-order valence-corrected chi connectivity index (χ1v) is 5.55. The highest BCUT2D eigenvalue weighted by Crippen LogP contribution is 2.20. The number of aromatic nitrogens is 2. The molecule has 2 N–H and O–H groups in total. The molecule has 18 heavy (non-hydrogen) atoms. The number of nitrogens with two attached hydrogens (primary N) is 1. The number of nitrogens with zero attached hydrogens (tertiary/aromatic N) is 3. The Morgan fingerprint density at radius 1 is 1.28 bits per heavy atom. The van der Waals surface area contributed by atoms with Crippen LogP contribution in [0.15, 0.2) is 43.0 Å². The first kappa shape index (κ1) is 12.2. The number of benzene rings is 1. The minimum Gasteiger partial charge on any atom is -0.326 e. The zero-order chi connectivity index (χ0) is 13.0. The van der Waals surface area contributed by atoms with Crippen LogP contribution < -0.4 is 10.6 Å². The summed E-state index contributed by atoms with van der Waals surface area (Å²) in [5.74, 6) is -0.156. The third-order valence-corrected chi connectivity index (χ3v) is 2.69. The zero-order valence-corrected chi connectivity index (χ0v) is 10.1. The molecule has 1 amide bonds. The van der Waals surface area contributed by atoms with Gasteiger partial charge < -0.3 is 10.6 Å². The molecule has 0 bridgehead atoms. The fourth-order valence-electron chi connectivity index (χ4n) is 1.72. The molecule has 2 aromatic rings. The molecule has 0 unspecified atom stereocenters. The molecule has 0 saturated carbocycles. The van der Waals surface area contributed by atoms with Crippen LogP contribution >= 0.6 is 0 Å². The summed E-state index contributed by atoms with van der Waals surface area (Å²) in [7, 11) is 1.71. The Hall–Kier alpha value is -2.27. The van der Waals surface area contributed by atoms with Gasteiger partial charge in [-0.3, -0.25) is 4.79 Å². The van der Waals surface area contributed by atoms with Crippen molar-refractivity contribution < 1.29 is 4.79 Å². The molecule has 0 aliphatic rings. The van der Waals surface area contributed by atoms with Crippen molar-refractivity contribution in [2.24, 2.45) is 5.73 Å². The van der Waals surface area contributed by atoms with E-state index in [9.17, 15) is 4.79 Å². The summed E-state index contributed by atoms with van der Waals surface area (Å²) in [4.78, 5) is 21.5. The van der Waals surface area contributed by atoms with E-state index in [-0.39, 0.29) is 5.91 Å². The summed E-state index contributed by atoms with van der Waals surface area (Å²) in [6.45, 7) is 0.388. The Balaban J connectivity index is 2.31. The summed E-state index contributed by atoms with van der Waals surface area (Å²) >= 11 is 0. The summed E-state index contributed by atoms with van der Waals surface area (Å²) in [6, 6.07) is 7.54. The molecule has 0 aliphatic heterocycles. The van der Waals surface area contributed by atoms with Crippen LogP contribution in [0.3, 0.4) is 0 Å². The summed E-state index contributed by atoms with van der Waals surface area (Å²) in [5, 5.41) is 0. The van der Waals surface area contributed by atoms with Gasteiger partial charge in [-0.2, -0.15) is 0 Å². The van der Waals surface area contributed by atoms with Crippen molar-refractivity contribution in [3.63, 3.8) is 0 Å². The van der Waals surface area contributed by atoms with Crippen molar-refractivity contribution in [3.8, 4) is 0 Å². The normalized spacial score (nSPS) is 10.1. The smallest absolute Gasteiger partial charge is 0.261 e. The monoisotopic (exact) mass is 242 g/mol. The van der Waals surface area contributed by atoms with Crippen LogP contribution in [0.4, 0.5) is 5.69 Å². The molecule has 0 fully saturated rings. The third kappa shape index (κ3) is 2.36. The third-order valence-electron chi connectivity index (χ3n) is 2.69. The molecular weight excluding hydrogens is 228 g/mol. The van der Waals surface area contributed by atoms with Gasteiger partial charge in [-0.1, -0.05) is 18.2 Å². The number of amides is 1. The summed E-state index contributed by atoms with van der Waals surface area (Å²) < 4.78 is 0. The lowest BCUT2D eigenvalue weighted by molar-refractivity contribution is 0.0992. The van der Waals surface area contributed by atoms with Gasteiger partial charge in [-0.05, 0) is 11.6 Å². The first-order valence-electron chi connectivity index (χ1n) is 5.55. The molecule has 1 aromatic carbocycles. The quantitative estimate of drug-likeness (QED) is 0.878. The largest absolute Gasteiger partial charge is 0.326 e. The second-order valence-corrected chi connectivity index (χ2v) is 3.82.